The molecule has 1 aliphatic heterocycles. The largest absolute Gasteiger partial charge is 0.463 e. The highest BCUT2D eigenvalue weighted by molar-refractivity contribution is 6.30. The van der Waals surface area contributed by atoms with Crippen molar-refractivity contribution < 1.29 is 14.6 Å². The van der Waals surface area contributed by atoms with Crippen LogP contribution in [0.2, 0.25) is 5.02 Å². The van der Waals surface area contributed by atoms with E-state index in [1.165, 1.54) is 19.3 Å². The molecule has 30 heavy (non-hydrogen) atoms. The van der Waals surface area contributed by atoms with Crippen molar-refractivity contribution in [3.8, 4) is 5.69 Å². The molecule has 4 rings (SSSR count). The van der Waals surface area contributed by atoms with E-state index in [2.05, 4.69) is 9.47 Å². The topological polar surface area (TPSA) is 54.7 Å². The number of benzene rings is 2. The second-order valence-corrected chi connectivity index (χ2v) is 8.38. The smallest absolute Gasteiger partial charge is 0.293 e. The van der Waals surface area contributed by atoms with Crippen LogP contribution < -0.4 is 0 Å². The van der Waals surface area contributed by atoms with Gasteiger partial charge in [0, 0.05) is 33.9 Å². The summed E-state index contributed by atoms with van der Waals surface area (Å²) in [6, 6.07) is 13.7. The maximum atomic E-state index is 11.2. The van der Waals surface area contributed by atoms with E-state index in [-0.39, 0.29) is 6.61 Å². The van der Waals surface area contributed by atoms with E-state index in [9.17, 15) is 9.90 Å². The number of fused-ring (bicyclic) bond motifs is 1. The first-order valence-corrected chi connectivity index (χ1v) is 10.8. The number of carbonyl (C=O) groups excluding carboxylic acids is 1. The van der Waals surface area contributed by atoms with Gasteiger partial charge >= 0.3 is 0 Å². The minimum absolute atomic E-state index is 0.218. The third kappa shape index (κ3) is 4.24. The number of likely N-dealkylation sites (tertiary alicyclic amines) is 1. The van der Waals surface area contributed by atoms with Gasteiger partial charge < -0.3 is 19.3 Å². The number of piperidine rings is 1. The molecule has 2 aromatic carbocycles. The van der Waals surface area contributed by atoms with Gasteiger partial charge in [0.25, 0.3) is 6.47 Å². The number of aliphatic hydroxyl groups is 1. The molecule has 1 saturated heterocycles. The lowest BCUT2D eigenvalue weighted by Gasteiger charge is -2.28. The van der Waals surface area contributed by atoms with Crippen molar-refractivity contribution in [2.75, 3.05) is 19.6 Å². The molecule has 0 saturated carbocycles. The minimum Gasteiger partial charge on any atom is -0.463 e. The summed E-state index contributed by atoms with van der Waals surface area (Å²) < 4.78 is 7.10. The normalized spacial score (nSPS) is 16.0. The number of ether oxygens (including phenoxy) is 1. The Labute approximate surface area is 181 Å². The molecule has 6 heteroatoms. The Morgan fingerprint density at radius 2 is 1.87 bits per heavy atom. The lowest BCUT2D eigenvalue weighted by atomic mass is 10.0. The standard InChI is InChI=1S/C24H27ClN2O3/c1-17-24(23(29)14-26-11-3-2-4-12-26)21-10-5-18(15-30-16-28)13-22(21)27(17)20-8-6-19(25)7-9-20/h5-10,13,16,23,29H,2-4,11-12,14-15H2,1H3. The maximum absolute atomic E-state index is 11.2. The van der Waals surface area contributed by atoms with E-state index in [1.807, 2.05) is 49.4 Å². The molecule has 5 nitrogen and oxygen atoms in total. The predicted octanol–water partition coefficient (Wildman–Crippen LogP) is 4.78. The van der Waals surface area contributed by atoms with E-state index >= 15 is 0 Å². The number of hydrogen-bond donors (Lipinski definition) is 1. The summed E-state index contributed by atoms with van der Waals surface area (Å²) in [5, 5.41) is 12.9. The Bertz CT molecular complexity index is 1020. The average molecular weight is 427 g/mol. The fraction of sp³-hybridized carbons (Fsp3) is 0.375. The van der Waals surface area contributed by atoms with Crippen LogP contribution in [-0.4, -0.2) is 40.7 Å². The third-order valence-electron chi connectivity index (χ3n) is 5.93. The molecule has 0 radical (unpaired) electrons. The van der Waals surface area contributed by atoms with Gasteiger partial charge in [0.2, 0.25) is 0 Å². The number of hydrogen-bond acceptors (Lipinski definition) is 4. The molecule has 3 aromatic rings. The summed E-state index contributed by atoms with van der Waals surface area (Å²) in [4.78, 5) is 13.0. The zero-order valence-corrected chi connectivity index (χ0v) is 17.9. The van der Waals surface area contributed by atoms with Crippen LogP contribution >= 0.6 is 11.6 Å². The summed E-state index contributed by atoms with van der Waals surface area (Å²) >= 11 is 6.10. The van der Waals surface area contributed by atoms with Crippen LogP contribution in [-0.2, 0) is 16.1 Å². The van der Waals surface area contributed by atoms with Crippen LogP contribution in [0.4, 0.5) is 0 Å². The van der Waals surface area contributed by atoms with Crippen molar-refractivity contribution in [1.29, 1.82) is 0 Å². The van der Waals surface area contributed by atoms with Gasteiger partial charge in [-0.3, -0.25) is 4.79 Å². The monoisotopic (exact) mass is 426 g/mol. The number of carbonyl (C=O) groups is 1. The first-order valence-electron chi connectivity index (χ1n) is 10.4. The van der Waals surface area contributed by atoms with Gasteiger partial charge in [-0.1, -0.05) is 30.2 Å². The molecule has 1 N–H and O–H groups in total. The van der Waals surface area contributed by atoms with Crippen molar-refractivity contribution in [1.82, 2.24) is 9.47 Å². The summed E-state index contributed by atoms with van der Waals surface area (Å²) in [6.45, 7) is 5.44. The average Bonchev–Trinajstić information content (AvgIpc) is 3.05. The molecule has 0 aliphatic carbocycles. The summed E-state index contributed by atoms with van der Waals surface area (Å²) in [5.74, 6) is 0. The molecule has 2 heterocycles. The fourth-order valence-electron chi connectivity index (χ4n) is 4.53. The molecule has 0 bridgehead atoms. The molecular formula is C24H27ClN2O3. The number of nitrogens with zero attached hydrogens (tertiary/aromatic N) is 2. The number of rotatable bonds is 7. The zero-order chi connectivity index (χ0) is 21.1. The first-order chi connectivity index (χ1) is 14.6. The van der Waals surface area contributed by atoms with Crippen molar-refractivity contribution in [2.24, 2.45) is 0 Å². The molecule has 0 amide bonds. The number of aromatic nitrogens is 1. The first kappa shape index (κ1) is 20.9. The van der Waals surface area contributed by atoms with Crippen LogP contribution in [0.25, 0.3) is 16.6 Å². The summed E-state index contributed by atoms with van der Waals surface area (Å²) in [5.41, 5.74) is 4.82. The van der Waals surface area contributed by atoms with Crippen LogP contribution in [0.3, 0.4) is 0 Å². The number of aliphatic hydroxyl groups excluding tert-OH is 1. The second-order valence-electron chi connectivity index (χ2n) is 7.95. The maximum Gasteiger partial charge on any atom is 0.293 e. The van der Waals surface area contributed by atoms with E-state index in [0.717, 1.165) is 46.5 Å². The Kier molecular flexibility index (Phi) is 6.42. The SMILES string of the molecule is Cc1c(C(O)CN2CCCCC2)c2ccc(COC=O)cc2n1-c1ccc(Cl)cc1. The van der Waals surface area contributed by atoms with E-state index in [4.69, 9.17) is 16.3 Å². The highest BCUT2D eigenvalue weighted by Crippen LogP contribution is 2.35. The van der Waals surface area contributed by atoms with Crippen LogP contribution in [0.5, 0.6) is 0 Å². The second kappa shape index (κ2) is 9.21. The Morgan fingerprint density at radius 3 is 2.57 bits per heavy atom. The summed E-state index contributed by atoms with van der Waals surface area (Å²) in [7, 11) is 0. The van der Waals surface area contributed by atoms with Crippen molar-refractivity contribution >= 4 is 29.0 Å². The van der Waals surface area contributed by atoms with Crippen molar-refractivity contribution in [3.05, 3.63) is 64.3 Å². The molecule has 1 fully saturated rings. The van der Waals surface area contributed by atoms with Crippen LogP contribution in [0, 0.1) is 6.92 Å². The van der Waals surface area contributed by atoms with Crippen molar-refractivity contribution in [3.63, 3.8) is 0 Å². The van der Waals surface area contributed by atoms with Gasteiger partial charge in [-0.05, 0) is 68.8 Å². The van der Waals surface area contributed by atoms with Crippen LogP contribution in [0.1, 0.15) is 42.2 Å². The molecule has 1 aromatic heterocycles. The number of β-amino-alcohol motifs (C(OH)–C–C–N with tert-alkyl or cyclic N) is 1. The van der Waals surface area contributed by atoms with Gasteiger partial charge in [0.05, 0.1) is 11.6 Å². The quantitative estimate of drug-likeness (QED) is 0.552. The Hall–Kier alpha value is -2.34. The number of halogens is 1. The third-order valence-corrected chi connectivity index (χ3v) is 6.19. The molecule has 1 aliphatic rings. The molecule has 1 atom stereocenters. The Balaban J connectivity index is 1.80. The van der Waals surface area contributed by atoms with Gasteiger partial charge in [-0.2, -0.15) is 0 Å². The van der Waals surface area contributed by atoms with Gasteiger partial charge in [0.15, 0.2) is 0 Å². The van der Waals surface area contributed by atoms with Crippen LogP contribution in [0.15, 0.2) is 42.5 Å². The fourth-order valence-corrected chi connectivity index (χ4v) is 4.65. The molecule has 1 unspecified atom stereocenters. The van der Waals surface area contributed by atoms with E-state index in [0.29, 0.717) is 18.0 Å². The lowest BCUT2D eigenvalue weighted by molar-refractivity contribution is -0.129. The highest BCUT2D eigenvalue weighted by Gasteiger charge is 2.24. The van der Waals surface area contributed by atoms with Gasteiger partial charge in [-0.25, -0.2) is 0 Å². The predicted molar refractivity (Wildman–Crippen MR) is 119 cm³/mol. The van der Waals surface area contributed by atoms with Gasteiger partial charge in [-0.15, -0.1) is 0 Å². The molecular weight excluding hydrogens is 400 g/mol. The highest BCUT2D eigenvalue weighted by atomic mass is 35.5. The Morgan fingerprint density at radius 1 is 1.13 bits per heavy atom. The lowest BCUT2D eigenvalue weighted by Crippen LogP contribution is -2.33. The molecule has 0 spiro atoms. The van der Waals surface area contributed by atoms with E-state index in [1.54, 1.807) is 0 Å². The van der Waals surface area contributed by atoms with Crippen molar-refractivity contribution in [2.45, 2.75) is 38.9 Å². The minimum atomic E-state index is -0.573. The van der Waals surface area contributed by atoms with E-state index < -0.39 is 6.10 Å². The molecule has 158 valence electrons. The summed E-state index contributed by atoms with van der Waals surface area (Å²) in [6.07, 6.45) is 3.08. The zero-order valence-electron chi connectivity index (χ0n) is 17.2. The van der Waals surface area contributed by atoms with Gasteiger partial charge in [0.1, 0.15) is 6.61 Å².